The lowest BCUT2D eigenvalue weighted by Crippen LogP contribution is -2.51. The van der Waals surface area contributed by atoms with E-state index in [1.54, 1.807) is 35.8 Å². The van der Waals surface area contributed by atoms with Gasteiger partial charge in [-0.15, -0.1) is 0 Å². The highest BCUT2D eigenvalue weighted by Gasteiger charge is 2.34. The Balaban J connectivity index is 2.15. The molecule has 0 saturated carbocycles. The Kier molecular flexibility index (Phi) is 4.93. The molecular weight excluding hydrogens is 332 g/mol. The van der Waals surface area contributed by atoms with Crippen LogP contribution in [0, 0.1) is 0 Å². The van der Waals surface area contributed by atoms with E-state index in [1.807, 2.05) is 0 Å². The van der Waals surface area contributed by atoms with E-state index in [4.69, 9.17) is 4.74 Å². The highest BCUT2D eigenvalue weighted by molar-refractivity contribution is 9.10. The average Bonchev–Trinajstić information content (AvgIpc) is 2.85. The van der Waals surface area contributed by atoms with Gasteiger partial charge in [-0.2, -0.15) is 11.8 Å². The predicted molar refractivity (Wildman–Crippen MR) is 77.3 cm³/mol. The summed E-state index contributed by atoms with van der Waals surface area (Å²) in [4.78, 5) is 28.8. The van der Waals surface area contributed by atoms with Gasteiger partial charge < -0.3 is 14.6 Å². The van der Waals surface area contributed by atoms with Gasteiger partial charge in [-0.05, 0) is 28.9 Å². The number of H-pyrrole nitrogens is 1. The summed E-state index contributed by atoms with van der Waals surface area (Å²) in [6.07, 6.45) is 1.70. The monoisotopic (exact) mass is 346 g/mol. The van der Waals surface area contributed by atoms with Crippen molar-refractivity contribution < 1.29 is 14.3 Å². The fourth-order valence-corrected chi connectivity index (χ4v) is 3.30. The van der Waals surface area contributed by atoms with Crippen LogP contribution in [-0.4, -0.2) is 52.5 Å². The van der Waals surface area contributed by atoms with E-state index in [0.29, 0.717) is 24.6 Å². The van der Waals surface area contributed by atoms with E-state index < -0.39 is 6.04 Å². The summed E-state index contributed by atoms with van der Waals surface area (Å²) in [5.74, 6) is 0.938. The zero-order chi connectivity index (χ0) is 13.8. The molecule has 1 aromatic rings. The number of nitrogens with zero attached hydrogens (tertiary/aromatic N) is 1. The Morgan fingerprint density at radius 2 is 2.42 bits per heavy atom. The van der Waals surface area contributed by atoms with Crippen LogP contribution in [-0.2, 0) is 9.53 Å². The maximum Gasteiger partial charge on any atom is 0.329 e. The highest BCUT2D eigenvalue weighted by Crippen LogP contribution is 2.21. The number of rotatable bonds is 3. The summed E-state index contributed by atoms with van der Waals surface area (Å²) >= 11 is 4.96. The molecular formula is C12H15BrN2O3S. The SMILES string of the molecule is CCOC(=O)C1CSCCN1C(=O)c1cc(Br)c[nH]1. The molecule has 0 spiro atoms. The molecule has 0 aromatic carbocycles. The number of aromatic nitrogens is 1. The van der Waals surface area contributed by atoms with Crippen molar-refractivity contribution in [3.05, 3.63) is 22.4 Å². The number of thioether (sulfide) groups is 1. The predicted octanol–water partition coefficient (Wildman–Crippen LogP) is 1.90. The fraction of sp³-hybridized carbons (Fsp3) is 0.500. The van der Waals surface area contributed by atoms with Crippen LogP contribution in [0.3, 0.4) is 0 Å². The highest BCUT2D eigenvalue weighted by atomic mass is 79.9. The molecule has 104 valence electrons. The third kappa shape index (κ3) is 3.33. The topological polar surface area (TPSA) is 62.4 Å². The summed E-state index contributed by atoms with van der Waals surface area (Å²) in [6, 6.07) is 1.22. The van der Waals surface area contributed by atoms with E-state index in [1.165, 1.54) is 0 Å². The average molecular weight is 347 g/mol. The van der Waals surface area contributed by atoms with Crippen molar-refractivity contribution in [2.45, 2.75) is 13.0 Å². The van der Waals surface area contributed by atoms with Crippen LogP contribution in [0.25, 0.3) is 0 Å². The van der Waals surface area contributed by atoms with Crippen LogP contribution < -0.4 is 0 Å². The summed E-state index contributed by atoms with van der Waals surface area (Å²) in [6.45, 7) is 2.65. The minimum absolute atomic E-state index is 0.163. The van der Waals surface area contributed by atoms with Gasteiger partial charge in [0.05, 0.1) is 6.61 Å². The maximum atomic E-state index is 12.4. The first kappa shape index (κ1) is 14.5. The number of halogens is 1. The molecule has 0 bridgehead atoms. The lowest BCUT2D eigenvalue weighted by Gasteiger charge is -2.33. The van der Waals surface area contributed by atoms with Crippen molar-refractivity contribution in [3.8, 4) is 0 Å². The van der Waals surface area contributed by atoms with Crippen LogP contribution in [0.1, 0.15) is 17.4 Å². The van der Waals surface area contributed by atoms with E-state index in [9.17, 15) is 9.59 Å². The Morgan fingerprint density at radius 3 is 3.05 bits per heavy atom. The number of carbonyl (C=O) groups excluding carboxylic acids is 2. The molecule has 1 fully saturated rings. The van der Waals surface area contributed by atoms with Crippen LogP contribution in [0.15, 0.2) is 16.7 Å². The van der Waals surface area contributed by atoms with Crippen molar-refractivity contribution in [3.63, 3.8) is 0 Å². The number of carbonyl (C=O) groups is 2. The molecule has 0 radical (unpaired) electrons. The Labute approximate surface area is 124 Å². The van der Waals surface area contributed by atoms with Crippen LogP contribution in [0.5, 0.6) is 0 Å². The normalized spacial score (nSPS) is 19.3. The molecule has 5 nitrogen and oxygen atoms in total. The van der Waals surface area contributed by atoms with Crippen molar-refractivity contribution in [1.82, 2.24) is 9.88 Å². The smallest absolute Gasteiger partial charge is 0.329 e. The Bertz CT molecular complexity index is 477. The first-order chi connectivity index (χ1) is 9.13. The largest absolute Gasteiger partial charge is 0.464 e. The maximum absolute atomic E-state index is 12.4. The Hall–Kier alpha value is -0.950. The van der Waals surface area contributed by atoms with Gasteiger partial charge in [-0.25, -0.2) is 4.79 Å². The zero-order valence-corrected chi connectivity index (χ0v) is 12.9. The third-order valence-electron chi connectivity index (χ3n) is 2.83. The van der Waals surface area contributed by atoms with Gasteiger partial charge in [0.1, 0.15) is 11.7 Å². The first-order valence-corrected chi connectivity index (χ1v) is 7.97. The van der Waals surface area contributed by atoms with Crippen molar-refractivity contribution in [1.29, 1.82) is 0 Å². The second-order valence-electron chi connectivity index (χ2n) is 4.07. The van der Waals surface area contributed by atoms with E-state index in [2.05, 4.69) is 20.9 Å². The van der Waals surface area contributed by atoms with E-state index in [-0.39, 0.29) is 11.9 Å². The van der Waals surface area contributed by atoms with E-state index >= 15 is 0 Å². The minimum atomic E-state index is -0.492. The van der Waals surface area contributed by atoms with Crippen LogP contribution in [0.2, 0.25) is 0 Å². The number of hydrogen-bond donors (Lipinski definition) is 1. The molecule has 1 N–H and O–H groups in total. The molecule has 1 unspecified atom stereocenters. The number of aromatic amines is 1. The molecule has 1 saturated heterocycles. The van der Waals surface area contributed by atoms with Crippen molar-refractivity contribution >= 4 is 39.6 Å². The van der Waals surface area contributed by atoms with Crippen molar-refractivity contribution in [2.24, 2.45) is 0 Å². The molecule has 1 aliphatic heterocycles. The molecule has 1 aliphatic rings. The number of hydrogen-bond acceptors (Lipinski definition) is 4. The molecule has 19 heavy (non-hydrogen) atoms. The van der Waals surface area contributed by atoms with Crippen LogP contribution in [0.4, 0.5) is 0 Å². The molecule has 2 heterocycles. The standard InChI is InChI=1S/C12H15BrN2O3S/c1-2-18-12(17)10-7-19-4-3-15(10)11(16)9-5-8(13)6-14-9/h5-6,10,14H,2-4,7H2,1H3. The molecule has 1 amide bonds. The summed E-state index contributed by atoms with van der Waals surface area (Å²) in [7, 11) is 0. The fourth-order valence-electron chi connectivity index (χ4n) is 1.93. The van der Waals surface area contributed by atoms with E-state index in [0.717, 1.165) is 10.2 Å². The van der Waals surface area contributed by atoms with Gasteiger partial charge in [-0.1, -0.05) is 0 Å². The molecule has 1 atom stereocenters. The Morgan fingerprint density at radius 1 is 1.63 bits per heavy atom. The number of amides is 1. The summed E-state index contributed by atoms with van der Waals surface area (Å²) < 4.78 is 5.85. The first-order valence-electron chi connectivity index (χ1n) is 6.02. The van der Waals surface area contributed by atoms with Gasteiger partial charge in [-0.3, -0.25) is 4.79 Å². The molecule has 7 heteroatoms. The van der Waals surface area contributed by atoms with Crippen molar-refractivity contribution in [2.75, 3.05) is 24.7 Å². The summed E-state index contributed by atoms with van der Waals surface area (Å²) in [5, 5.41) is 0. The number of esters is 1. The van der Waals surface area contributed by atoms with Gasteiger partial charge in [0, 0.05) is 28.7 Å². The van der Waals surface area contributed by atoms with Gasteiger partial charge in [0.15, 0.2) is 0 Å². The third-order valence-corrected chi connectivity index (χ3v) is 4.31. The number of nitrogens with one attached hydrogen (secondary N) is 1. The number of ether oxygens (including phenoxy) is 1. The van der Waals surface area contributed by atoms with Gasteiger partial charge in [0.2, 0.25) is 0 Å². The molecule has 2 rings (SSSR count). The molecule has 1 aromatic heterocycles. The van der Waals surface area contributed by atoms with Crippen LogP contribution >= 0.6 is 27.7 Å². The second kappa shape index (κ2) is 6.47. The second-order valence-corrected chi connectivity index (χ2v) is 6.14. The minimum Gasteiger partial charge on any atom is -0.464 e. The quantitative estimate of drug-likeness (QED) is 0.849. The lowest BCUT2D eigenvalue weighted by molar-refractivity contribution is -0.147. The molecule has 0 aliphatic carbocycles. The van der Waals surface area contributed by atoms with Gasteiger partial charge >= 0.3 is 5.97 Å². The zero-order valence-electron chi connectivity index (χ0n) is 10.5. The van der Waals surface area contributed by atoms with Gasteiger partial charge in [0.25, 0.3) is 5.91 Å². The lowest BCUT2D eigenvalue weighted by atomic mass is 10.2. The summed E-state index contributed by atoms with van der Waals surface area (Å²) in [5.41, 5.74) is 0.480.